The fourth-order valence-corrected chi connectivity index (χ4v) is 4.95. The molecule has 0 unspecified atom stereocenters. The molecule has 0 radical (unpaired) electrons. The van der Waals surface area contributed by atoms with Crippen molar-refractivity contribution in [1.82, 2.24) is 29.5 Å². The molecule has 0 spiro atoms. The molecular formula is C20H26IN7O2S. The topological polar surface area (TPSA) is 104 Å². The number of aromatic nitrogens is 3. The van der Waals surface area contributed by atoms with Crippen LogP contribution < -0.4 is 10.6 Å². The lowest BCUT2D eigenvalue weighted by atomic mass is 10.2. The van der Waals surface area contributed by atoms with Gasteiger partial charge in [0, 0.05) is 32.9 Å². The van der Waals surface area contributed by atoms with Gasteiger partial charge in [0.15, 0.2) is 17.4 Å². The molecule has 0 amide bonds. The van der Waals surface area contributed by atoms with Gasteiger partial charge in [-0.05, 0) is 42.7 Å². The average Bonchev–Trinajstić information content (AvgIpc) is 3.45. The van der Waals surface area contributed by atoms with E-state index in [-0.39, 0.29) is 24.0 Å². The van der Waals surface area contributed by atoms with Crippen LogP contribution in [0, 0.1) is 0 Å². The van der Waals surface area contributed by atoms with Gasteiger partial charge in [0.2, 0.25) is 10.0 Å². The molecule has 0 atom stereocenters. The van der Waals surface area contributed by atoms with E-state index in [4.69, 9.17) is 0 Å². The number of halogens is 1. The largest absolute Gasteiger partial charge is 0.352 e. The predicted molar refractivity (Wildman–Crippen MR) is 130 cm³/mol. The number of hydrogen-bond acceptors (Lipinski definition) is 5. The molecule has 0 bridgehead atoms. The van der Waals surface area contributed by atoms with E-state index in [1.165, 1.54) is 0 Å². The molecule has 1 aromatic carbocycles. The Morgan fingerprint density at radius 1 is 1.03 bits per heavy atom. The van der Waals surface area contributed by atoms with Crippen molar-refractivity contribution in [2.75, 3.05) is 20.1 Å². The maximum atomic E-state index is 12.6. The number of aliphatic imine (C=N–C) groups is 1. The quantitative estimate of drug-likeness (QED) is 0.274. The minimum atomic E-state index is -3.38. The van der Waals surface area contributed by atoms with Gasteiger partial charge in [0.05, 0.1) is 11.4 Å². The molecule has 1 aliphatic rings. The second-order valence-corrected chi connectivity index (χ2v) is 9.02. The SMILES string of the molecule is CN=C(NCc1ccc(S(=O)(=O)N2CCCC2)cc1)NCc1nnc2ccccn12.I. The molecule has 31 heavy (non-hydrogen) atoms. The molecule has 1 saturated heterocycles. The summed E-state index contributed by atoms with van der Waals surface area (Å²) in [6.07, 6.45) is 3.77. The van der Waals surface area contributed by atoms with Crippen LogP contribution in [0.4, 0.5) is 0 Å². The molecule has 0 aliphatic carbocycles. The van der Waals surface area contributed by atoms with Crippen molar-refractivity contribution in [2.24, 2.45) is 4.99 Å². The van der Waals surface area contributed by atoms with Crippen LogP contribution in [-0.2, 0) is 23.1 Å². The summed E-state index contributed by atoms with van der Waals surface area (Å²) < 4.78 is 28.7. The van der Waals surface area contributed by atoms with Gasteiger partial charge < -0.3 is 10.6 Å². The molecule has 1 fully saturated rings. The fraction of sp³-hybridized carbons (Fsp3) is 0.350. The lowest BCUT2D eigenvalue weighted by Crippen LogP contribution is -2.36. The molecule has 3 heterocycles. The molecular weight excluding hydrogens is 529 g/mol. The van der Waals surface area contributed by atoms with E-state index >= 15 is 0 Å². The molecule has 2 aromatic heterocycles. The number of pyridine rings is 1. The van der Waals surface area contributed by atoms with Crippen LogP contribution in [0.1, 0.15) is 24.2 Å². The Morgan fingerprint density at radius 2 is 1.74 bits per heavy atom. The summed E-state index contributed by atoms with van der Waals surface area (Å²) >= 11 is 0. The second kappa shape index (κ2) is 10.4. The number of benzene rings is 1. The van der Waals surface area contributed by atoms with Crippen LogP contribution in [0.15, 0.2) is 58.5 Å². The van der Waals surface area contributed by atoms with Crippen molar-refractivity contribution < 1.29 is 8.42 Å². The number of nitrogens with one attached hydrogen (secondary N) is 2. The zero-order valence-corrected chi connectivity index (χ0v) is 20.4. The Kier molecular flexibility index (Phi) is 7.84. The predicted octanol–water partition coefficient (Wildman–Crippen LogP) is 2.00. The second-order valence-electron chi connectivity index (χ2n) is 7.08. The molecule has 2 N–H and O–H groups in total. The highest BCUT2D eigenvalue weighted by Gasteiger charge is 2.26. The van der Waals surface area contributed by atoms with Gasteiger partial charge in [0.1, 0.15) is 0 Å². The van der Waals surface area contributed by atoms with Crippen molar-refractivity contribution in [3.05, 3.63) is 60.0 Å². The average molecular weight is 555 g/mol. The van der Waals surface area contributed by atoms with Crippen LogP contribution in [0.5, 0.6) is 0 Å². The van der Waals surface area contributed by atoms with E-state index in [0.29, 0.717) is 37.0 Å². The zero-order valence-electron chi connectivity index (χ0n) is 17.2. The van der Waals surface area contributed by atoms with Crippen molar-refractivity contribution in [3.8, 4) is 0 Å². The summed E-state index contributed by atoms with van der Waals surface area (Å²) in [7, 11) is -1.68. The van der Waals surface area contributed by atoms with Crippen LogP contribution in [0.2, 0.25) is 0 Å². The number of fused-ring (bicyclic) bond motifs is 1. The summed E-state index contributed by atoms with van der Waals surface area (Å²) in [4.78, 5) is 4.57. The van der Waals surface area contributed by atoms with Crippen molar-refractivity contribution in [1.29, 1.82) is 0 Å². The molecule has 166 valence electrons. The number of nitrogens with zero attached hydrogens (tertiary/aromatic N) is 5. The zero-order chi connectivity index (χ0) is 21.0. The minimum absolute atomic E-state index is 0. The smallest absolute Gasteiger partial charge is 0.243 e. The Hall–Kier alpha value is -2.25. The first-order chi connectivity index (χ1) is 14.6. The van der Waals surface area contributed by atoms with Gasteiger partial charge in [-0.25, -0.2) is 8.42 Å². The minimum Gasteiger partial charge on any atom is -0.352 e. The Balaban J connectivity index is 0.00000272. The van der Waals surface area contributed by atoms with Crippen molar-refractivity contribution in [3.63, 3.8) is 0 Å². The van der Waals surface area contributed by atoms with E-state index in [0.717, 1.165) is 29.9 Å². The Bertz CT molecular complexity index is 1140. The Labute approximate surface area is 199 Å². The van der Waals surface area contributed by atoms with Gasteiger partial charge in [-0.3, -0.25) is 9.39 Å². The number of guanidine groups is 1. The van der Waals surface area contributed by atoms with Crippen molar-refractivity contribution in [2.45, 2.75) is 30.8 Å². The van der Waals surface area contributed by atoms with E-state index in [1.807, 2.05) is 40.9 Å². The van der Waals surface area contributed by atoms with Gasteiger partial charge in [-0.2, -0.15) is 4.31 Å². The highest BCUT2D eigenvalue weighted by atomic mass is 127. The lowest BCUT2D eigenvalue weighted by Gasteiger charge is -2.16. The third kappa shape index (κ3) is 5.33. The molecule has 1 aliphatic heterocycles. The number of hydrogen-bond donors (Lipinski definition) is 2. The third-order valence-electron chi connectivity index (χ3n) is 5.11. The lowest BCUT2D eigenvalue weighted by molar-refractivity contribution is 0.477. The van der Waals surface area contributed by atoms with E-state index < -0.39 is 10.0 Å². The third-order valence-corrected chi connectivity index (χ3v) is 7.02. The standard InChI is InChI=1S/C20H25N7O2S.HI/c1-21-20(23-15-19-25-24-18-6-2-3-13-27(18)19)22-14-16-7-9-17(10-8-16)30(28,29)26-11-4-5-12-26;/h2-3,6-10,13H,4-5,11-12,14-15H2,1H3,(H2,21,22,23);1H. The first-order valence-electron chi connectivity index (χ1n) is 9.90. The first-order valence-corrected chi connectivity index (χ1v) is 11.3. The van der Waals surface area contributed by atoms with E-state index in [2.05, 4.69) is 25.8 Å². The van der Waals surface area contributed by atoms with Gasteiger partial charge in [-0.1, -0.05) is 18.2 Å². The maximum absolute atomic E-state index is 12.6. The monoisotopic (exact) mass is 555 g/mol. The van der Waals surface area contributed by atoms with Crippen LogP contribution in [0.25, 0.3) is 5.65 Å². The van der Waals surface area contributed by atoms with E-state index in [1.54, 1.807) is 23.5 Å². The molecule has 4 rings (SSSR count). The van der Waals surface area contributed by atoms with E-state index in [9.17, 15) is 8.42 Å². The summed E-state index contributed by atoms with van der Waals surface area (Å²) in [6.45, 7) is 2.20. The summed E-state index contributed by atoms with van der Waals surface area (Å²) in [5, 5.41) is 14.8. The van der Waals surface area contributed by atoms with Crippen LogP contribution in [0.3, 0.4) is 0 Å². The molecule has 11 heteroatoms. The maximum Gasteiger partial charge on any atom is 0.243 e. The van der Waals surface area contributed by atoms with Gasteiger partial charge >= 0.3 is 0 Å². The Morgan fingerprint density at radius 3 is 2.45 bits per heavy atom. The summed E-state index contributed by atoms with van der Waals surface area (Å²) in [5.41, 5.74) is 1.76. The van der Waals surface area contributed by atoms with Gasteiger partial charge in [-0.15, -0.1) is 34.2 Å². The number of sulfonamides is 1. The summed E-state index contributed by atoms with van der Waals surface area (Å²) in [5.74, 6) is 1.40. The number of rotatable bonds is 6. The molecule has 0 saturated carbocycles. The van der Waals surface area contributed by atoms with Crippen LogP contribution in [-0.4, -0.2) is 53.4 Å². The molecule has 9 nitrogen and oxygen atoms in total. The normalized spacial score (nSPS) is 15.1. The fourth-order valence-electron chi connectivity index (χ4n) is 3.44. The summed E-state index contributed by atoms with van der Waals surface area (Å²) in [6, 6.07) is 12.7. The highest BCUT2D eigenvalue weighted by molar-refractivity contribution is 14.0. The van der Waals surface area contributed by atoms with Gasteiger partial charge in [0.25, 0.3) is 0 Å². The van der Waals surface area contributed by atoms with Crippen molar-refractivity contribution >= 4 is 45.6 Å². The van der Waals surface area contributed by atoms with Crippen LogP contribution >= 0.6 is 24.0 Å². The highest BCUT2D eigenvalue weighted by Crippen LogP contribution is 2.21. The molecule has 3 aromatic rings. The first kappa shape index (κ1) is 23.4.